The van der Waals surface area contributed by atoms with E-state index < -0.39 is 0 Å². The molecule has 0 aliphatic carbocycles. The van der Waals surface area contributed by atoms with Crippen LogP contribution in [0.25, 0.3) is 0 Å². The lowest BCUT2D eigenvalue weighted by Crippen LogP contribution is -1.92. The highest BCUT2D eigenvalue weighted by Gasteiger charge is 1.95. The number of benzene rings is 1. The standard InChI is InChI=1S/C6H8N2O/c7-5-2-1-4(9)3-6(5)8/h1-3,9H,7-8H2/p+1. The smallest absolute Gasteiger partial charge is 0.256 e. The van der Waals surface area contributed by atoms with Crippen LogP contribution < -0.4 is 11.5 Å². The van der Waals surface area contributed by atoms with Gasteiger partial charge in [0, 0.05) is 6.07 Å². The molecule has 0 bridgehead atoms. The van der Waals surface area contributed by atoms with Gasteiger partial charge in [0.1, 0.15) is 0 Å². The molecule has 1 aromatic carbocycles. The normalized spacial score (nSPS) is 9.33. The zero-order chi connectivity index (χ0) is 6.85. The second-order valence-electron chi connectivity index (χ2n) is 1.84. The maximum atomic E-state index is 7.10. The zero-order valence-electron chi connectivity index (χ0n) is 4.89. The highest BCUT2D eigenvalue weighted by Crippen LogP contribution is 2.19. The molecule has 0 fully saturated rings. The van der Waals surface area contributed by atoms with E-state index in [-0.39, 0.29) is 0 Å². The summed E-state index contributed by atoms with van der Waals surface area (Å²) in [6.45, 7) is 0. The van der Waals surface area contributed by atoms with Crippen molar-refractivity contribution in [2.45, 2.75) is 0 Å². The third-order valence-corrected chi connectivity index (χ3v) is 1.09. The molecule has 0 aliphatic heterocycles. The molecule has 0 unspecified atom stereocenters. The maximum absolute atomic E-state index is 7.10. The van der Waals surface area contributed by atoms with Crippen LogP contribution in [0.2, 0.25) is 0 Å². The first kappa shape index (κ1) is 5.75. The topological polar surface area (TPSA) is 74.9 Å². The number of hydrogen-bond donors (Lipinski definition) is 2. The van der Waals surface area contributed by atoms with Gasteiger partial charge in [0.15, 0.2) is 0 Å². The molecule has 3 heteroatoms. The minimum Gasteiger partial charge on any atom is -0.593 e. The third-order valence-electron chi connectivity index (χ3n) is 1.09. The maximum Gasteiger partial charge on any atom is 0.256 e. The summed E-state index contributed by atoms with van der Waals surface area (Å²) in [5.74, 6) is 0.390. The Balaban J connectivity index is 3.17. The number of hydrogen-bond acceptors (Lipinski definition) is 2. The van der Waals surface area contributed by atoms with E-state index in [4.69, 9.17) is 16.6 Å². The zero-order valence-corrected chi connectivity index (χ0v) is 4.89. The molecule has 3 nitrogen and oxygen atoms in total. The van der Waals surface area contributed by atoms with Crippen LogP contribution in [-0.2, 0) is 0 Å². The van der Waals surface area contributed by atoms with Crippen LogP contribution in [-0.4, -0.2) is 5.11 Å². The highest BCUT2D eigenvalue weighted by atomic mass is 16.3. The van der Waals surface area contributed by atoms with Crippen molar-refractivity contribution in [3.05, 3.63) is 18.2 Å². The van der Waals surface area contributed by atoms with Gasteiger partial charge < -0.3 is 16.6 Å². The molecule has 9 heavy (non-hydrogen) atoms. The van der Waals surface area contributed by atoms with Gasteiger partial charge in [-0.1, -0.05) is 0 Å². The van der Waals surface area contributed by atoms with Gasteiger partial charge in [0.05, 0.1) is 17.4 Å². The van der Waals surface area contributed by atoms with Gasteiger partial charge in [-0.05, 0) is 6.07 Å². The van der Waals surface area contributed by atoms with E-state index in [1.807, 2.05) is 0 Å². The van der Waals surface area contributed by atoms with Crippen LogP contribution in [0.1, 0.15) is 0 Å². The molecule has 0 atom stereocenters. The molecule has 6 N–H and O–H groups in total. The van der Waals surface area contributed by atoms with Crippen LogP contribution >= 0.6 is 0 Å². The van der Waals surface area contributed by atoms with Gasteiger partial charge in [-0.15, -0.1) is 0 Å². The fourth-order valence-corrected chi connectivity index (χ4v) is 0.575. The van der Waals surface area contributed by atoms with Crippen molar-refractivity contribution >= 4 is 11.4 Å². The second-order valence-corrected chi connectivity index (χ2v) is 1.84. The van der Waals surface area contributed by atoms with Crippen molar-refractivity contribution in [1.82, 2.24) is 0 Å². The van der Waals surface area contributed by atoms with Crippen molar-refractivity contribution in [1.29, 1.82) is 0 Å². The van der Waals surface area contributed by atoms with E-state index >= 15 is 0 Å². The molecule has 0 saturated carbocycles. The van der Waals surface area contributed by atoms with E-state index in [1.54, 1.807) is 12.1 Å². The van der Waals surface area contributed by atoms with Crippen molar-refractivity contribution < 1.29 is 5.11 Å². The van der Waals surface area contributed by atoms with Crippen molar-refractivity contribution in [3.8, 4) is 5.75 Å². The molecule has 0 saturated heterocycles. The van der Waals surface area contributed by atoms with Gasteiger partial charge in [-0.2, -0.15) is 0 Å². The van der Waals surface area contributed by atoms with Crippen LogP contribution in [0.15, 0.2) is 18.2 Å². The SMILES string of the molecule is Nc1ccc([OH2+])cc1N. The number of nitrogens with two attached hydrogens (primary N) is 2. The molecule has 0 spiro atoms. The average molecular weight is 125 g/mol. The molecule has 48 valence electrons. The van der Waals surface area contributed by atoms with Crippen LogP contribution in [0.3, 0.4) is 0 Å². The van der Waals surface area contributed by atoms with Crippen molar-refractivity contribution in [2.24, 2.45) is 0 Å². The van der Waals surface area contributed by atoms with Crippen molar-refractivity contribution in [3.63, 3.8) is 0 Å². The molecule has 0 heterocycles. The molecule has 1 aromatic rings. The summed E-state index contributed by atoms with van der Waals surface area (Å²) in [6.07, 6.45) is 0. The monoisotopic (exact) mass is 125 g/mol. The summed E-state index contributed by atoms with van der Waals surface area (Å²) in [7, 11) is 0. The van der Waals surface area contributed by atoms with E-state index in [9.17, 15) is 0 Å². The van der Waals surface area contributed by atoms with Crippen molar-refractivity contribution in [2.75, 3.05) is 11.5 Å². The lowest BCUT2D eigenvalue weighted by molar-refractivity contribution is 0.476. The minimum absolute atomic E-state index is 0.390. The predicted octanol–water partition coefficient (Wildman–Crippen LogP) is 0.289. The largest absolute Gasteiger partial charge is 0.593 e. The summed E-state index contributed by atoms with van der Waals surface area (Å²) in [4.78, 5) is 0. The number of rotatable bonds is 0. The fourth-order valence-electron chi connectivity index (χ4n) is 0.575. The van der Waals surface area contributed by atoms with E-state index in [1.165, 1.54) is 6.07 Å². The number of nitrogen functional groups attached to an aromatic ring is 2. The minimum atomic E-state index is 0.390. The fraction of sp³-hybridized carbons (Fsp3) is 0. The summed E-state index contributed by atoms with van der Waals surface area (Å²) < 4.78 is 0. The van der Waals surface area contributed by atoms with Crippen LogP contribution in [0.5, 0.6) is 5.75 Å². The van der Waals surface area contributed by atoms with E-state index in [2.05, 4.69) is 0 Å². The summed E-state index contributed by atoms with van der Waals surface area (Å²) in [6, 6.07) is 4.75. The Bertz CT molecular complexity index is 222. The summed E-state index contributed by atoms with van der Waals surface area (Å²) in [5.41, 5.74) is 11.8. The first-order chi connectivity index (χ1) is 4.20. The first-order valence-corrected chi connectivity index (χ1v) is 2.57. The lowest BCUT2D eigenvalue weighted by Gasteiger charge is -1.95. The third kappa shape index (κ3) is 1.05. The molecule has 0 amide bonds. The van der Waals surface area contributed by atoms with Gasteiger partial charge in [0.25, 0.3) is 5.75 Å². The molecule has 0 aliphatic rings. The first-order valence-electron chi connectivity index (χ1n) is 2.57. The van der Waals surface area contributed by atoms with Crippen LogP contribution in [0.4, 0.5) is 11.4 Å². The highest BCUT2D eigenvalue weighted by molar-refractivity contribution is 5.64. The molecule has 1 rings (SSSR count). The predicted molar refractivity (Wildman–Crippen MR) is 38.3 cm³/mol. The Morgan fingerprint density at radius 2 is 1.78 bits per heavy atom. The Morgan fingerprint density at radius 3 is 2.22 bits per heavy atom. The lowest BCUT2D eigenvalue weighted by atomic mass is 10.3. The average Bonchev–Trinajstić information content (AvgIpc) is 1.80. The van der Waals surface area contributed by atoms with E-state index in [0.717, 1.165) is 0 Å². The molecule has 0 aromatic heterocycles. The van der Waals surface area contributed by atoms with Gasteiger partial charge >= 0.3 is 0 Å². The van der Waals surface area contributed by atoms with Gasteiger partial charge in [-0.3, -0.25) is 0 Å². The van der Waals surface area contributed by atoms with Gasteiger partial charge in [-0.25, -0.2) is 0 Å². The Kier molecular flexibility index (Phi) is 1.18. The molecular formula is C6H9N2O+. The Labute approximate surface area is 52.9 Å². The van der Waals surface area contributed by atoms with E-state index in [0.29, 0.717) is 17.1 Å². The summed E-state index contributed by atoms with van der Waals surface area (Å²) >= 11 is 0. The Morgan fingerprint density at radius 1 is 1.11 bits per heavy atom. The molecule has 0 radical (unpaired) electrons. The Hall–Kier alpha value is -1.38. The molecular weight excluding hydrogens is 116 g/mol. The number of anilines is 2. The second kappa shape index (κ2) is 1.85. The summed E-state index contributed by atoms with van der Waals surface area (Å²) in [5, 5.41) is 7.10. The quantitative estimate of drug-likeness (QED) is 0.386. The van der Waals surface area contributed by atoms with Crippen LogP contribution in [0, 0.1) is 0 Å². The van der Waals surface area contributed by atoms with Gasteiger partial charge in [0.2, 0.25) is 0 Å².